The first-order valence-corrected chi connectivity index (χ1v) is 6.11. The number of hydrogen-bond acceptors (Lipinski definition) is 7. The van der Waals surface area contributed by atoms with Crippen LogP contribution in [0.2, 0.25) is 0 Å². The van der Waals surface area contributed by atoms with Gasteiger partial charge in [-0.25, -0.2) is 9.59 Å². The molecule has 17 heavy (non-hydrogen) atoms. The molecular formula is C10H18O6S. The molecule has 0 spiro atoms. The predicted octanol–water partition coefficient (Wildman–Crippen LogP) is 0.260. The van der Waals surface area contributed by atoms with Crippen LogP contribution in [-0.4, -0.2) is 45.2 Å². The van der Waals surface area contributed by atoms with Gasteiger partial charge in [0.05, 0.1) is 12.2 Å². The Hall–Kier alpha value is -0.790. The summed E-state index contributed by atoms with van der Waals surface area (Å²) in [4.78, 5) is 22.4. The molecule has 0 aliphatic rings. The minimum Gasteiger partial charge on any atom is -0.460 e. The van der Waals surface area contributed by atoms with Gasteiger partial charge in [0.1, 0.15) is 0 Å². The van der Waals surface area contributed by atoms with Crippen molar-refractivity contribution in [2.45, 2.75) is 50.8 Å². The maximum atomic E-state index is 11.2. The number of thioether (sulfide) groups is 1. The third kappa shape index (κ3) is 7.19. The summed E-state index contributed by atoms with van der Waals surface area (Å²) in [6.07, 6.45) is -0.755. The summed E-state index contributed by atoms with van der Waals surface area (Å²) in [5, 5.41) is 18.7. The fourth-order valence-corrected chi connectivity index (χ4v) is 1.39. The topological polar surface area (TPSA) is 93.1 Å². The zero-order chi connectivity index (χ0) is 13.6. The van der Waals surface area contributed by atoms with E-state index in [9.17, 15) is 19.8 Å². The minimum absolute atomic E-state index is 0.362. The van der Waals surface area contributed by atoms with Crippen molar-refractivity contribution < 1.29 is 29.3 Å². The summed E-state index contributed by atoms with van der Waals surface area (Å²) >= 11 is 0.362. The first kappa shape index (κ1) is 16.2. The molecule has 0 fully saturated rings. The van der Waals surface area contributed by atoms with Gasteiger partial charge in [0.25, 0.3) is 0 Å². The molecule has 0 saturated heterocycles. The Morgan fingerprint density at radius 1 is 0.882 bits per heavy atom. The van der Waals surface area contributed by atoms with Crippen LogP contribution in [-0.2, 0) is 19.1 Å². The van der Waals surface area contributed by atoms with Crippen molar-refractivity contribution in [1.82, 2.24) is 0 Å². The van der Waals surface area contributed by atoms with Gasteiger partial charge in [0.15, 0.2) is 0 Å². The van der Waals surface area contributed by atoms with Crippen molar-refractivity contribution in [3.05, 3.63) is 0 Å². The Morgan fingerprint density at radius 3 is 1.41 bits per heavy atom. The van der Waals surface area contributed by atoms with E-state index in [-0.39, 0.29) is 12.2 Å². The minimum atomic E-state index is -1.62. The van der Waals surface area contributed by atoms with Crippen molar-refractivity contribution in [2.75, 3.05) is 0 Å². The summed E-state index contributed by atoms with van der Waals surface area (Å²) in [6.45, 7) is 6.50. The molecule has 0 aliphatic heterocycles. The lowest BCUT2D eigenvalue weighted by Gasteiger charge is -2.16. The van der Waals surface area contributed by atoms with Crippen LogP contribution in [0.25, 0.3) is 0 Å². The summed E-state index contributed by atoms with van der Waals surface area (Å²) < 4.78 is 9.40. The van der Waals surface area contributed by atoms with E-state index in [4.69, 9.17) is 9.47 Å². The van der Waals surface area contributed by atoms with Gasteiger partial charge in [0.2, 0.25) is 10.9 Å². The molecule has 0 unspecified atom stereocenters. The molecule has 7 heteroatoms. The maximum absolute atomic E-state index is 11.2. The van der Waals surface area contributed by atoms with Gasteiger partial charge < -0.3 is 19.7 Å². The lowest BCUT2D eigenvalue weighted by Crippen LogP contribution is -2.30. The van der Waals surface area contributed by atoms with Crippen molar-refractivity contribution in [3.63, 3.8) is 0 Å². The average Bonchev–Trinajstić information content (AvgIpc) is 2.15. The second kappa shape index (κ2) is 7.52. The van der Waals surface area contributed by atoms with Gasteiger partial charge in [-0.05, 0) is 27.7 Å². The molecule has 0 aromatic heterocycles. The van der Waals surface area contributed by atoms with Crippen molar-refractivity contribution in [1.29, 1.82) is 0 Å². The molecule has 100 valence electrons. The third-order valence-electron chi connectivity index (χ3n) is 1.36. The summed E-state index contributed by atoms with van der Waals surface area (Å²) in [6, 6.07) is 0. The van der Waals surface area contributed by atoms with Crippen molar-refractivity contribution in [2.24, 2.45) is 0 Å². The average molecular weight is 266 g/mol. The molecule has 0 saturated carbocycles. The van der Waals surface area contributed by atoms with Gasteiger partial charge in [-0.3, -0.25) is 0 Å². The van der Waals surface area contributed by atoms with Crippen LogP contribution >= 0.6 is 11.8 Å². The van der Waals surface area contributed by atoms with E-state index in [1.807, 2.05) is 0 Å². The van der Waals surface area contributed by atoms with E-state index in [2.05, 4.69) is 0 Å². The Balaban J connectivity index is 4.14. The first-order valence-electron chi connectivity index (χ1n) is 5.16. The van der Waals surface area contributed by atoms with E-state index in [1.54, 1.807) is 27.7 Å². The highest BCUT2D eigenvalue weighted by atomic mass is 32.2. The smallest absolute Gasteiger partial charge is 0.345 e. The van der Waals surface area contributed by atoms with Gasteiger partial charge in [-0.15, -0.1) is 0 Å². The Bertz CT molecular complexity index is 240. The van der Waals surface area contributed by atoms with Gasteiger partial charge in [0, 0.05) is 0 Å². The first-order chi connectivity index (χ1) is 7.73. The van der Waals surface area contributed by atoms with Crippen LogP contribution in [0.5, 0.6) is 0 Å². The van der Waals surface area contributed by atoms with Crippen molar-refractivity contribution in [3.8, 4) is 0 Å². The van der Waals surface area contributed by atoms with E-state index in [1.165, 1.54) is 0 Å². The highest BCUT2D eigenvalue weighted by molar-refractivity contribution is 8.01. The van der Waals surface area contributed by atoms with E-state index < -0.39 is 22.8 Å². The molecular weight excluding hydrogens is 248 g/mol. The number of aliphatic hydroxyl groups excluding tert-OH is 2. The highest BCUT2D eigenvalue weighted by Crippen LogP contribution is 2.17. The number of aliphatic hydroxyl groups is 2. The summed E-state index contributed by atoms with van der Waals surface area (Å²) in [5.41, 5.74) is -3.24. The van der Waals surface area contributed by atoms with Crippen LogP contribution in [0.3, 0.4) is 0 Å². The van der Waals surface area contributed by atoms with Gasteiger partial charge >= 0.3 is 11.9 Å². The van der Waals surface area contributed by atoms with Crippen LogP contribution in [0.15, 0.2) is 0 Å². The molecule has 0 heterocycles. The normalized spacial score (nSPS) is 14.6. The zero-order valence-electron chi connectivity index (χ0n) is 10.2. The molecule has 0 amide bonds. The molecule has 6 nitrogen and oxygen atoms in total. The lowest BCUT2D eigenvalue weighted by atomic mass is 10.5. The highest BCUT2D eigenvalue weighted by Gasteiger charge is 2.27. The quantitative estimate of drug-likeness (QED) is 0.526. The number of rotatable bonds is 6. The Kier molecular flexibility index (Phi) is 7.17. The molecule has 0 aliphatic carbocycles. The molecule has 2 atom stereocenters. The third-order valence-corrected chi connectivity index (χ3v) is 2.27. The SMILES string of the molecule is CC(C)OC(=O)[C@H](O)S[C@H](O)C(=O)OC(C)C. The summed E-state index contributed by atoms with van der Waals surface area (Å²) in [7, 11) is 0. The van der Waals surface area contributed by atoms with Gasteiger partial charge in [-0.1, -0.05) is 11.8 Å². The molecule has 0 bridgehead atoms. The van der Waals surface area contributed by atoms with Gasteiger partial charge in [-0.2, -0.15) is 0 Å². The van der Waals surface area contributed by atoms with Crippen LogP contribution in [0.4, 0.5) is 0 Å². The lowest BCUT2D eigenvalue weighted by molar-refractivity contribution is -0.153. The van der Waals surface area contributed by atoms with Crippen LogP contribution in [0.1, 0.15) is 27.7 Å². The molecule has 2 N–H and O–H groups in total. The standard InChI is InChI=1S/C10H18O6S/c1-5(2)15-7(11)9(13)17-10(14)8(12)16-6(3)4/h5-6,9-10,13-14H,1-4H3/t9-,10+. The van der Waals surface area contributed by atoms with E-state index >= 15 is 0 Å². The van der Waals surface area contributed by atoms with E-state index in [0.717, 1.165) is 0 Å². The molecule has 0 radical (unpaired) electrons. The summed E-state index contributed by atoms with van der Waals surface area (Å²) in [5.74, 6) is -1.80. The van der Waals surface area contributed by atoms with Crippen molar-refractivity contribution >= 4 is 23.7 Å². The van der Waals surface area contributed by atoms with Crippen LogP contribution < -0.4 is 0 Å². The Labute approximate surface area is 104 Å². The molecule has 0 aromatic carbocycles. The molecule has 0 aromatic rings. The number of esters is 2. The largest absolute Gasteiger partial charge is 0.460 e. The fourth-order valence-electron chi connectivity index (χ4n) is 0.814. The van der Waals surface area contributed by atoms with Crippen LogP contribution in [0, 0.1) is 0 Å². The zero-order valence-corrected chi connectivity index (χ0v) is 11.1. The monoisotopic (exact) mass is 266 g/mol. The number of hydrogen-bond donors (Lipinski definition) is 2. The Morgan fingerprint density at radius 2 is 1.18 bits per heavy atom. The fraction of sp³-hybridized carbons (Fsp3) is 0.800. The number of carbonyl (C=O) groups is 2. The second-order valence-electron chi connectivity index (χ2n) is 3.81. The predicted molar refractivity (Wildman–Crippen MR) is 62.1 cm³/mol. The second-order valence-corrected chi connectivity index (χ2v) is 4.98. The molecule has 0 rings (SSSR count). The maximum Gasteiger partial charge on any atom is 0.345 e. The number of carbonyl (C=O) groups excluding carboxylic acids is 2. The van der Waals surface area contributed by atoms with E-state index in [0.29, 0.717) is 11.8 Å². The number of ether oxygens (including phenoxy) is 2.